The summed E-state index contributed by atoms with van der Waals surface area (Å²) in [6.45, 7) is 0. The lowest BCUT2D eigenvalue weighted by Gasteiger charge is -2.07. The van der Waals surface area contributed by atoms with E-state index in [0.29, 0.717) is 0 Å². The van der Waals surface area contributed by atoms with Gasteiger partial charge >= 0.3 is 0 Å². The molecule has 0 saturated carbocycles. The highest BCUT2D eigenvalue weighted by atomic mass is 16.3. The van der Waals surface area contributed by atoms with Crippen LogP contribution in [-0.4, -0.2) is 14.4 Å². The molecule has 0 atom stereocenters. The number of pyridine rings is 2. The number of rotatable bonds is 0. The molecule has 0 bridgehead atoms. The van der Waals surface area contributed by atoms with Crippen molar-refractivity contribution in [1.29, 1.82) is 0 Å². The van der Waals surface area contributed by atoms with Crippen LogP contribution in [0.4, 0.5) is 0 Å². The van der Waals surface area contributed by atoms with E-state index >= 15 is 0 Å². The predicted octanol–water partition coefficient (Wildman–Crippen LogP) is 4.94. The molecular formula is C20H11N3O. The van der Waals surface area contributed by atoms with Crippen LogP contribution in [0, 0.1) is 0 Å². The minimum Gasteiger partial charge on any atom is -0.456 e. The Balaban J connectivity index is 1.97. The summed E-state index contributed by atoms with van der Waals surface area (Å²) in [5.74, 6) is 0. The Hall–Kier alpha value is -3.40. The van der Waals surface area contributed by atoms with Crippen LogP contribution in [0.15, 0.2) is 71.5 Å². The SMILES string of the molecule is c1ccc2c(c1)oc1cc3c4cccnc4c4nccn4c3cc12. The second-order valence-corrected chi connectivity index (χ2v) is 5.98. The zero-order valence-corrected chi connectivity index (χ0v) is 12.6. The van der Waals surface area contributed by atoms with E-state index in [1.807, 2.05) is 42.9 Å². The lowest BCUT2D eigenvalue weighted by atomic mass is 10.1. The van der Waals surface area contributed by atoms with Crippen LogP contribution in [0.25, 0.3) is 49.4 Å². The monoisotopic (exact) mass is 309 g/mol. The highest BCUT2D eigenvalue weighted by molar-refractivity contribution is 6.16. The fraction of sp³-hybridized carbons (Fsp3) is 0. The normalized spacial score (nSPS) is 12.2. The first kappa shape index (κ1) is 12.1. The quantitative estimate of drug-likeness (QED) is 0.373. The average molecular weight is 309 g/mol. The van der Waals surface area contributed by atoms with Gasteiger partial charge in [0, 0.05) is 40.1 Å². The van der Waals surface area contributed by atoms with E-state index in [1.54, 1.807) is 0 Å². The summed E-state index contributed by atoms with van der Waals surface area (Å²) in [6, 6.07) is 16.5. The lowest BCUT2D eigenvalue weighted by Crippen LogP contribution is -1.92. The van der Waals surface area contributed by atoms with E-state index in [1.165, 1.54) is 0 Å². The standard InChI is InChI=1S/C20H11N3O/c1-2-6-17-12(4-1)15-10-16-14(11-18(15)24-17)13-5-3-7-21-19(13)20-22-8-9-23(16)20/h1-11H. The molecule has 24 heavy (non-hydrogen) atoms. The van der Waals surface area contributed by atoms with Gasteiger partial charge in [-0.15, -0.1) is 0 Å². The van der Waals surface area contributed by atoms with Crippen molar-refractivity contribution in [2.24, 2.45) is 0 Å². The van der Waals surface area contributed by atoms with Crippen molar-refractivity contribution in [2.45, 2.75) is 0 Å². The molecule has 0 saturated heterocycles. The van der Waals surface area contributed by atoms with Gasteiger partial charge in [-0.1, -0.05) is 24.3 Å². The van der Waals surface area contributed by atoms with Crippen molar-refractivity contribution in [3.8, 4) is 0 Å². The number of furan rings is 1. The number of hydrogen-bond acceptors (Lipinski definition) is 3. The number of hydrogen-bond donors (Lipinski definition) is 0. The van der Waals surface area contributed by atoms with Crippen molar-refractivity contribution in [2.75, 3.05) is 0 Å². The summed E-state index contributed by atoms with van der Waals surface area (Å²) in [4.78, 5) is 9.04. The fourth-order valence-corrected chi connectivity index (χ4v) is 3.65. The first-order valence-corrected chi connectivity index (χ1v) is 7.85. The zero-order chi connectivity index (χ0) is 15.7. The molecule has 0 aliphatic carbocycles. The molecule has 0 aliphatic rings. The van der Waals surface area contributed by atoms with E-state index < -0.39 is 0 Å². The number of nitrogens with zero attached hydrogens (tertiary/aromatic N) is 3. The van der Waals surface area contributed by atoms with Crippen LogP contribution in [0.5, 0.6) is 0 Å². The molecule has 4 nitrogen and oxygen atoms in total. The molecule has 2 aromatic carbocycles. The van der Waals surface area contributed by atoms with Gasteiger partial charge in [-0.25, -0.2) is 4.98 Å². The number of aromatic nitrogens is 3. The second kappa shape index (κ2) is 4.11. The summed E-state index contributed by atoms with van der Waals surface area (Å²) in [5.41, 5.74) is 4.71. The molecule has 0 N–H and O–H groups in total. The summed E-state index contributed by atoms with van der Waals surface area (Å²) in [7, 11) is 0. The van der Waals surface area contributed by atoms with E-state index in [4.69, 9.17) is 4.42 Å². The van der Waals surface area contributed by atoms with Crippen LogP contribution < -0.4 is 0 Å². The van der Waals surface area contributed by atoms with Crippen molar-refractivity contribution in [3.05, 3.63) is 67.1 Å². The Bertz CT molecular complexity index is 1410. The Morgan fingerprint density at radius 3 is 2.67 bits per heavy atom. The van der Waals surface area contributed by atoms with Gasteiger partial charge in [0.1, 0.15) is 16.7 Å². The van der Waals surface area contributed by atoms with Gasteiger partial charge in [0.05, 0.1) is 5.52 Å². The molecule has 4 heterocycles. The maximum Gasteiger partial charge on any atom is 0.163 e. The van der Waals surface area contributed by atoms with Crippen molar-refractivity contribution in [3.63, 3.8) is 0 Å². The number of fused-ring (bicyclic) bond motifs is 9. The Morgan fingerprint density at radius 2 is 1.67 bits per heavy atom. The largest absolute Gasteiger partial charge is 0.456 e. The molecule has 0 amide bonds. The number of para-hydroxylation sites is 1. The molecule has 6 rings (SSSR count). The summed E-state index contributed by atoms with van der Waals surface area (Å²) >= 11 is 0. The molecule has 4 heteroatoms. The van der Waals surface area contributed by atoms with Gasteiger partial charge < -0.3 is 4.42 Å². The third-order valence-corrected chi connectivity index (χ3v) is 4.71. The van der Waals surface area contributed by atoms with Crippen molar-refractivity contribution >= 4 is 49.4 Å². The summed E-state index contributed by atoms with van der Waals surface area (Å²) in [5, 5.41) is 4.47. The Morgan fingerprint density at radius 1 is 0.750 bits per heavy atom. The predicted molar refractivity (Wildman–Crippen MR) is 95.3 cm³/mol. The minimum absolute atomic E-state index is 0.880. The van der Waals surface area contributed by atoms with Crippen LogP contribution in [0.2, 0.25) is 0 Å². The first-order chi connectivity index (χ1) is 11.9. The topological polar surface area (TPSA) is 43.3 Å². The van der Waals surface area contributed by atoms with Crippen LogP contribution in [-0.2, 0) is 0 Å². The Kier molecular flexibility index (Phi) is 2.07. The lowest BCUT2D eigenvalue weighted by molar-refractivity contribution is 0.669. The van der Waals surface area contributed by atoms with E-state index in [2.05, 4.69) is 38.6 Å². The highest BCUT2D eigenvalue weighted by Crippen LogP contribution is 2.35. The van der Waals surface area contributed by atoms with Crippen LogP contribution >= 0.6 is 0 Å². The van der Waals surface area contributed by atoms with Crippen LogP contribution in [0.1, 0.15) is 0 Å². The highest BCUT2D eigenvalue weighted by Gasteiger charge is 2.14. The summed E-state index contributed by atoms with van der Waals surface area (Å²) in [6.07, 6.45) is 5.61. The van der Waals surface area contributed by atoms with Crippen LogP contribution in [0.3, 0.4) is 0 Å². The third-order valence-electron chi connectivity index (χ3n) is 4.71. The van der Waals surface area contributed by atoms with E-state index in [0.717, 1.165) is 49.4 Å². The van der Waals surface area contributed by atoms with Gasteiger partial charge in [-0.3, -0.25) is 9.38 Å². The first-order valence-electron chi connectivity index (χ1n) is 7.85. The van der Waals surface area contributed by atoms with Gasteiger partial charge in [-0.2, -0.15) is 0 Å². The van der Waals surface area contributed by atoms with E-state index in [9.17, 15) is 0 Å². The average Bonchev–Trinajstić information content (AvgIpc) is 3.25. The maximum atomic E-state index is 6.06. The Labute approximate surface area is 136 Å². The third kappa shape index (κ3) is 1.38. The van der Waals surface area contributed by atoms with Crippen molar-refractivity contribution in [1.82, 2.24) is 14.4 Å². The van der Waals surface area contributed by atoms with Gasteiger partial charge in [0.15, 0.2) is 5.65 Å². The molecule has 0 fully saturated rings. The minimum atomic E-state index is 0.880. The molecule has 0 radical (unpaired) electrons. The summed E-state index contributed by atoms with van der Waals surface area (Å²) < 4.78 is 8.16. The van der Waals surface area contributed by atoms with E-state index in [-0.39, 0.29) is 0 Å². The molecule has 0 unspecified atom stereocenters. The molecule has 4 aromatic heterocycles. The molecule has 0 aliphatic heterocycles. The van der Waals surface area contributed by atoms with Gasteiger partial charge in [0.25, 0.3) is 0 Å². The molecule has 6 aromatic rings. The zero-order valence-electron chi connectivity index (χ0n) is 12.6. The fourth-order valence-electron chi connectivity index (χ4n) is 3.65. The number of benzene rings is 2. The molecule has 112 valence electrons. The maximum absolute atomic E-state index is 6.06. The second-order valence-electron chi connectivity index (χ2n) is 5.98. The molecular weight excluding hydrogens is 298 g/mol. The van der Waals surface area contributed by atoms with Gasteiger partial charge in [0.2, 0.25) is 0 Å². The number of imidazole rings is 1. The van der Waals surface area contributed by atoms with Gasteiger partial charge in [-0.05, 0) is 24.3 Å². The molecule has 0 spiro atoms. The smallest absolute Gasteiger partial charge is 0.163 e. The van der Waals surface area contributed by atoms with Crippen molar-refractivity contribution < 1.29 is 4.42 Å².